The largest absolute Gasteiger partial charge is 0.507 e. The van der Waals surface area contributed by atoms with Crippen LogP contribution in [0, 0.1) is 0 Å². The first-order valence-electron chi connectivity index (χ1n) is 12.8. The Labute approximate surface area is 229 Å². The van der Waals surface area contributed by atoms with Gasteiger partial charge >= 0.3 is 0 Å². The molecule has 7 heteroatoms. The Morgan fingerprint density at radius 2 is 1.49 bits per heavy atom. The molecule has 0 saturated carbocycles. The number of likely N-dealkylation sites (tertiary alicyclic amines) is 1. The summed E-state index contributed by atoms with van der Waals surface area (Å²) in [6.07, 6.45) is 0.472. The summed E-state index contributed by atoms with van der Waals surface area (Å²) in [6, 6.07) is 19.6. The molecule has 1 atom stereocenters. The lowest BCUT2D eigenvalue weighted by atomic mass is 9.85. The maximum Gasteiger partial charge on any atom is 0.295 e. The average Bonchev–Trinajstić information content (AvgIpc) is 3.20. The third-order valence-corrected chi connectivity index (χ3v) is 7.07. The fourth-order valence-electron chi connectivity index (χ4n) is 4.88. The van der Waals surface area contributed by atoms with Gasteiger partial charge < -0.3 is 24.2 Å². The summed E-state index contributed by atoms with van der Waals surface area (Å²) in [7, 11) is 4.65. The number of Topliss-reactive ketones (excluding diaryl/α,β-unsaturated/α-hetero) is 1. The van der Waals surface area contributed by atoms with Crippen LogP contribution in [0.4, 0.5) is 0 Å². The lowest BCUT2D eigenvalue weighted by Crippen LogP contribution is -2.31. The van der Waals surface area contributed by atoms with Crippen LogP contribution in [0.1, 0.15) is 49.1 Å². The monoisotopic (exact) mass is 529 g/mol. The first-order chi connectivity index (χ1) is 18.6. The number of methoxy groups -OCH3 is 3. The van der Waals surface area contributed by atoms with Crippen molar-refractivity contribution >= 4 is 17.4 Å². The fourth-order valence-corrected chi connectivity index (χ4v) is 4.88. The van der Waals surface area contributed by atoms with Crippen LogP contribution >= 0.6 is 0 Å². The van der Waals surface area contributed by atoms with Gasteiger partial charge in [-0.05, 0) is 52.8 Å². The summed E-state index contributed by atoms with van der Waals surface area (Å²) >= 11 is 0. The summed E-state index contributed by atoms with van der Waals surface area (Å²) in [5.41, 5.74) is 2.83. The highest BCUT2D eigenvalue weighted by molar-refractivity contribution is 6.46. The smallest absolute Gasteiger partial charge is 0.295 e. The van der Waals surface area contributed by atoms with Gasteiger partial charge in [0.05, 0.1) is 38.5 Å². The van der Waals surface area contributed by atoms with E-state index < -0.39 is 17.7 Å². The molecule has 4 rings (SSSR count). The van der Waals surface area contributed by atoms with E-state index >= 15 is 0 Å². The van der Waals surface area contributed by atoms with Crippen molar-refractivity contribution in [2.75, 3.05) is 27.9 Å². The van der Waals surface area contributed by atoms with Gasteiger partial charge in [0, 0.05) is 6.54 Å². The van der Waals surface area contributed by atoms with Crippen LogP contribution in [0.2, 0.25) is 0 Å². The number of nitrogens with zero attached hydrogens (tertiary/aromatic N) is 1. The van der Waals surface area contributed by atoms with Crippen molar-refractivity contribution in [1.29, 1.82) is 0 Å². The molecule has 3 aromatic carbocycles. The van der Waals surface area contributed by atoms with Crippen LogP contribution in [0.5, 0.6) is 17.2 Å². The molecule has 1 fully saturated rings. The summed E-state index contributed by atoms with van der Waals surface area (Å²) < 4.78 is 16.3. The Balaban J connectivity index is 1.80. The van der Waals surface area contributed by atoms with Gasteiger partial charge in [-0.25, -0.2) is 0 Å². The molecular formula is C32H35NO6. The molecule has 1 saturated heterocycles. The van der Waals surface area contributed by atoms with Gasteiger partial charge in [-0.2, -0.15) is 0 Å². The predicted octanol–water partition coefficient (Wildman–Crippen LogP) is 5.67. The lowest BCUT2D eigenvalue weighted by molar-refractivity contribution is -0.139. The van der Waals surface area contributed by atoms with E-state index in [2.05, 4.69) is 20.8 Å². The molecule has 0 aromatic heterocycles. The summed E-state index contributed by atoms with van der Waals surface area (Å²) in [5.74, 6) is -0.0174. The van der Waals surface area contributed by atoms with Crippen LogP contribution in [0.15, 0.2) is 72.3 Å². The highest BCUT2D eigenvalue weighted by Crippen LogP contribution is 2.42. The molecule has 7 nitrogen and oxygen atoms in total. The van der Waals surface area contributed by atoms with Crippen LogP contribution in [-0.4, -0.2) is 49.6 Å². The number of rotatable bonds is 8. The van der Waals surface area contributed by atoms with Crippen LogP contribution in [0.25, 0.3) is 5.76 Å². The highest BCUT2D eigenvalue weighted by atomic mass is 16.5. The molecule has 3 aromatic rings. The Morgan fingerprint density at radius 3 is 2.10 bits per heavy atom. The van der Waals surface area contributed by atoms with Crippen molar-refractivity contribution in [1.82, 2.24) is 4.90 Å². The first kappa shape index (κ1) is 27.8. The van der Waals surface area contributed by atoms with Crippen molar-refractivity contribution in [3.63, 3.8) is 0 Å². The second-order valence-electron chi connectivity index (χ2n) is 10.5. The van der Waals surface area contributed by atoms with Crippen LogP contribution < -0.4 is 14.2 Å². The van der Waals surface area contributed by atoms with Gasteiger partial charge in [0.15, 0.2) is 11.5 Å². The maximum atomic E-state index is 13.5. The van der Waals surface area contributed by atoms with Gasteiger partial charge in [0.25, 0.3) is 11.7 Å². The molecular weight excluding hydrogens is 494 g/mol. The minimum absolute atomic E-state index is 0.0443. The van der Waals surface area contributed by atoms with E-state index in [1.54, 1.807) is 20.3 Å². The number of carbonyl (C=O) groups is 2. The van der Waals surface area contributed by atoms with Gasteiger partial charge in [0.1, 0.15) is 11.5 Å². The zero-order valence-electron chi connectivity index (χ0n) is 23.3. The van der Waals surface area contributed by atoms with E-state index in [1.165, 1.54) is 12.0 Å². The summed E-state index contributed by atoms with van der Waals surface area (Å²) in [5, 5.41) is 11.6. The van der Waals surface area contributed by atoms with Crippen molar-refractivity contribution in [2.24, 2.45) is 0 Å². The Morgan fingerprint density at radius 1 is 0.846 bits per heavy atom. The number of aliphatic hydroxyl groups is 1. The first-order valence-corrected chi connectivity index (χ1v) is 12.8. The Hall–Kier alpha value is -4.26. The molecule has 39 heavy (non-hydrogen) atoms. The van der Waals surface area contributed by atoms with E-state index in [-0.39, 0.29) is 23.3 Å². The lowest BCUT2D eigenvalue weighted by Gasteiger charge is -2.26. The Kier molecular flexibility index (Phi) is 8.00. The molecule has 1 amide bonds. The minimum atomic E-state index is -0.755. The van der Waals surface area contributed by atoms with Gasteiger partial charge in [0.2, 0.25) is 0 Å². The SMILES string of the molecule is COc1ccc(CCN2C(=O)C(=O)/C(=C(/O)c3cc(C(C)(C)C)ccc3OC)C2c2ccccc2)cc1OC. The zero-order chi connectivity index (χ0) is 28.3. The van der Waals surface area contributed by atoms with E-state index in [0.29, 0.717) is 29.2 Å². The zero-order valence-corrected chi connectivity index (χ0v) is 23.3. The molecule has 0 bridgehead atoms. The summed E-state index contributed by atoms with van der Waals surface area (Å²) in [6.45, 7) is 6.46. The number of carbonyl (C=O) groups excluding carboxylic acids is 2. The molecule has 0 spiro atoms. The predicted molar refractivity (Wildman–Crippen MR) is 150 cm³/mol. The van der Waals surface area contributed by atoms with Crippen LogP contribution in [0.3, 0.4) is 0 Å². The number of aliphatic hydroxyl groups excluding tert-OH is 1. The number of hydrogen-bond donors (Lipinski definition) is 1. The minimum Gasteiger partial charge on any atom is -0.507 e. The van der Waals surface area contributed by atoms with Crippen molar-refractivity contribution in [2.45, 2.75) is 38.6 Å². The Bertz CT molecular complexity index is 1400. The van der Waals surface area contributed by atoms with Gasteiger partial charge in [-0.15, -0.1) is 0 Å². The maximum absolute atomic E-state index is 13.5. The molecule has 0 aliphatic carbocycles. The van der Waals surface area contributed by atoms with E-state index in [0.717, 1.165) is 16.7 Å². The topological polar surface area (TPSA) is 85.3 Å². The second-order valence-corrected chi connectivity index (χ2v) is 10.5. The molecule has 204 valence electrons. The number of amides is 1. The van der Waals surface area contributed by atoms with Gasteiger partial charge in [-0.1, -0.05) is 63.2 Å². The average molecular weight is 530 g/mol. The van der Waals surface area contributed by atoms with E-state index in [4.69, 9.17) is 14.2 Å². The quantitative estimate of drug-likeness (QED) is 0.230. The second kappa shape index (κ2) is 11.2. The van der Waals surface area contributed by atoms with E-state index in [1.807, 2.05) is 60.7 Å². The van der Waals surface area contributed by atoms with Crippen LogP contribution in [-0.2, 0) is 21.4 Å². The number of benzene rings is 3. The van der Waals surface area contributed by atoms with Gasteiger partial charge in [-0.3, -0.25) is 9.59 Å². The molecule has 1 unspecified atom stereocenters. The third-order valence-electron chi connectivity index (χ3n) is 7.07. The molecule has 1 aliphatic rings. The van der Waals surface area contributed by atoms with E-state index in [9.17, 15) is 14.7 Å². The molecule has 1 N–H and O–H groups in total. The standard InChI is InChI=1S/C32H35NO6/c1-32(2,3)22-13-15-24(37-4)23(19-22)29(34)27-28(21-10-8-7-9-11-21)33(31(36)30(27)35)17-16-20-12-14-25(38-5)26(18-20)39-6/h7-15,18-19,28,34H,16-17H2,1-6H3/b29-27+. The molecule has 1 aliphatic heterocycles. The number of ether oxygens (including phenoxy) is 3. The number of ketones is 1. The molecule has 1 heterocycles. The highest BCUT2D eigenvalue weighted by Gasteiger charge is 2.46. The van der Waals surface area contributed by atoms with Crippen molar-refractivity contribution in [3.8, 4) is 17.2 Å². The number of hydrogen-bond acceptors (Lipinski definition) is 6. The molecule has 0 radical (unpaired) electrons. The van der Waals surface area contributed by atoms with Crippen molar-refractivity contribution < 1.29 is 28.9 Å². The van der Waals surface area contributed by atoms with Crippen molar-refractivity contribution in [3.05, 3.63) is 94.6 Å². The normalized spacial score (nSPS) is 16.9. The summed E-state index contributed by atoms with van der Waals surface area (Å²) in [4.78, 5) is 28.4. The third kappa shape index (κ3) is 5.48. The fraction of sp³-hybridized carbons (Fsp3) is 0.312.